The van der Waals surface area contributed by atoms with Crippen LogP contribution in [0.3, 0.4) is 0 Å². The monoisotopic (exact) mass is 380 g/mol. The normalized spacial score (nSPS) is 14.0. The minimum absolute atomic E-state index is 0.367. The Kier molecular flexibility index (Phi) is 3.51. The first-order chi connectivity index (χ1) is 13.8. The lowest BCUT2D eigenvalue weighted by Crippen LogP contribution is -2.03. The number of fused-ring (bicyclic) bond motifs is 6. The summed E-state index contributed by atoms with van der Waals surface area (Å²) in [6, 6.07) is 23.9. The van der Waals surface area contributed by atoms with E-state index in [1.54, 1.807) is 23.0 Å². The molecule has 0 saturated carbocycles. The van der Waals surface area contributed by atoms with Gasteiger partial charge in [-0.1, -0.05) is 54.6 Å². The molecule has 5 aromatic rings. The van der Waals surface area contributed by atoms with Gasteiger partial charge < -0.3 is 5.11 Å². The summed E-state index contributed by atoms with van der Waals surface area (Å²) >= 11 is 1.67. The molecule has 1 nitrogen and oxygen atoms in total. The van der Waals surface area contributed by atoms with E-state index in [9.17, 15) is 5.11 Å². The summed E-state index contributed by atoms with van der Waals surface area (Å²) in [6.45, 7) is 0. The van der Waals surface area contributed by atoms with Gasteiger partial charge in [-0.05, 0) is 81.4 Å². The average molecular weight is 381 g/mol. The number of thiophene rings is 1. The van der Waals surface area contributed by atoms with Crippen LogP contribution in [-0.2, 0) is 12.8 Å². The third-order valence-electron chi connectivity index (χ3n) is 6.18. The van der Waals surface area contributed by atoms with E-state index in [1.165, 1.54) is 63.2 Å². The summed E-state index contributed by atoms with van der Waals surface area (Å²) in [4.78, 5) is 1.21. The fourth-order valence-corrected chi connectivity index (χ4v) is 5.93. The number of phenolic OH excluding ortho intramolecular Hbond substituents is 1. The quantitative estimate of drug-likeness (QED) is 0.299. The zero-order valence-electron chi connectivity index (χ0n) is 15.5. The maximum atomic E-state index is 10.2. The summed E-state index contributed by atoms with van der Waals surface area (Å²) < 4.78 is 0.962. The molecule has 0 radical (unpaired) electrons. The van der Waals surface area contributed by atoms with Crippen molar-refractivity contribution in [3.63, 3.8) is 0 Å². The fraction of sp³-hybridized carbons (Fsp3) is 0.154. The van der Waals surface area contributed by atoms with Gasteiger partial charge in [0.25, 0.3) is 0 Å². The van der Waals surface area contributed by atoms with Crippen LogP contribution in [-0.4, -0.2) is 5.11 Å². The molecule has 2 heteroatoms. The third-order valence-corrected chi connectivity index (χ3v) is 7.39. The van der Waals surface area contributed by atoms with E-state index in [0.29, 0.717) is 5.75 Å². The summed E-state index contributed by atoms with van der Waals surface area (Å²) in [5.41, 5.74) is 4.34. The maximum absolute atomic E-state index is 10.2. The second kappa shape index (κ2) is 6.08. The molecule has 1 N–H and O–H groups in total. The minimum Gasteiger partial charge on any atom is -0.506 e. The predicted molar refractivity (Wildman–Crippen MR) is 121 cm³/mol. The molecule has 136 valence electrons. The van der Waals surface area contributed by atoms with E-state index < -0.39 is 0 Å². The van der Waals surface area contributed by atoms with Crippen molar-refractivity contribution in [1.82, 2.24) is 0 Å². The minimum atomic E-state index is 0.367. The highest BCUT2D eigenvalue weighted by atomic mass is 32.1. The molecule has 0 unspecified atom stereocenters. The molecule has 1 heterocycles. The van der Waals surface area contributed by atoms with E-state index >= 15 is 0 Å². The largest absolute Gasteiger partial charge is 0.506 e. The van der Waals surface area contributed by atoms with Crippen molar-refractivity contribution in [3.8, 4) is 16.2 Å². The Balaban J connectivity index is 1.63. The topological polar surface area (TPSA) is 20.2 Å². The number of rotatable bonds is 1. The van der Waals surface area contributed by atoms with Crippen molar-refractivity contribution in [3.05, 3.63) is 77.9 Å². The Bertz CT molecular complexity index is 1380. The van der Waals surface area contributed by atoms with Crippen LogP contribution >= 0.6 is 11.3 Å². The zero-order valence-corrected chi connectivity index (χ0v) is 16.4. The SMILES string of the molecule is Oc1cccc2cc(-c3cccc4c3ccc3c5c(ccc34)CCCC5)sc12. The Morgan fingerprint density at radius 1 is 0.714 bits per heavy atom. The fourth-order valence-electron chi connectivity index (χ4n) is 4.82. The molecule has 4 aromatic carbocycles. The lowest BCUT2D eigenvalue weighted by molar-refractivity contribution is 0.482. The number of hydrogen-bond acceptors (Lipinski definition) is 2. The van der Waals surface area contributed by atoms with Crippen molar-refractivity contribution in [2.45, 2.75) is 25.7 Å². The van der Waals surface area contributed by atoms with Gasteiger partial charge in [-0.15, -0.1) is 11.3 Å². The van der Waals surface area contributed by atoms with Gasteiger partial charge in [-0.3, -0.25) is 0 Å². The molecule has 0 bridgehead atoms. The standard InChI is InChI=1S/C26H20OS/c27-24-10-3-6-17-15-25(28-26(17)24)23-9-4-8-19-21-12-11-16-5-1-2-7-18(16)20(21)13-14-22(19)23/h3-4,6,8-15,27H,1-2,5,7H2. The van der Waals surface area contributed by atoms with Crippen LogP contribution < -0.4 is 0 Å². The van der Waals surface area contributed by atoms with Crippen LogP contribution in [0.1, 0.15) is 24.0 Å². The maximum Gasteiger partial charge on any atom is 0.133 e. The van der Waals surface area contributed by atoms with Crippen molar-refractivity contribution >= 4 is 43.0 Å². The Morgan fingerprint density at radius 2 is 1.50 bits per heavy atom. The van der Waals surface area contributed by atoms with Gasteiger partial charge in [-0.2, -0.15) is 0 Å². The van der Waals surface area contributed by atoms with Crippen LogP contribution in [0.15, 0.2) is 66.7 Å². The Labute approximate surface area is 167 Å². The van der Waals surface area contributed by atoms with E-state index in [4.69, 9.17) is 0 Å². The molecule has 0 atom stereocenters. The van der Waals surface area contributed by atoms with Crippen LogP contribution in [0.4, 0.5) is 0 Å². The number of aryl methyl sites for hydroxylation is 2. The van der Waals surface area contributed by atoms with Crippen LogP contribution in [0, 0.1) is 0 Å². The molecule has 0 aliphatic heterocycles. The summed E-state index contributed by atoms with van der Waals surface area (Å²) in [5.74, 6) is 0.367. The van der Waals surface area contributed by atoms with Gasteiger partial charge in [0.2, 0.25) is 0 Å². The smallest absolute Gasteiger partial charge is 0.133 e. The summed E-state index contributed by atoms with van der Waals surface area (Å²) in [5, 5.41) is 16.7. The van der Waals surface area contributed by atoms with Crippen LogP contribution in [0.2, 0.25) is 0 Å². The second-order valence-corrected chi connectivity index (χ2v) is 8.83. The van der Waals surface area contributed by atoms with E-state index in [2.05, 4.69) is 54.6 Å². The van der Waals surface area contributed by atoms with Crippen LogP contribution in [0.25, 0.3) is 42.1 Å². The molecule has 28 heavy (non-hydrogen) atoms. The summed E-state index contributed by atoms with van der Waals surface area (Å²) in [7, 11) is 0. The lowest BCUT2D eigenvalue weighted by Gasteiger charge is -2.19. The second-order valence-electron chi connectivity index (χ2n) is 7.78. The molecule has 1 aliphatic carbocycles. The number of hydrogen-bond donors (Lipinski definition) is 1. The Hall–Kier alpha value is -2.84. The highest BCUT2D eigenvalue weighted by Crippen LogP contribution is 2.42. The van der Waals surface area contributed by atoms with Crippen molar-refractivity contribution in [2.75, 3.05) is 0 Å². The van der Waals surface area contributed by atoms with Gasteiger partial charge in [-0.25, -0.2) is 0 Å². The average Bonchev–Trinajstić information content (AvgIpc) is 3.18. The van der Waals surface area contributed by atoms with E-state index in [0.717, 1.165) is 10.1 Å². The number of phenols is 1. The van der Waals surface area contributed by atoms with Gasteiger partial charge in [0.1, 0.15) is 5.75 Å². The molecule has 0 amide bonds. The first-order valence-corrected chi connectivity index (χ1v) is 10.8. The molecule has 0 spiro atoms. The molecule has 1 aliphatic rings. The number of benzene rings is 4. The third kappa shape index (κ3) is 2.31. The van der Waals surface area contributed by atoms with Crippen LogP contribution in [0.5, 0.6) is 5.75 Å². The highest BCUT2D eigenvalue weighted by Gasteiger charge is 2.15. The van der Waals surface area contributed by atoms with Crippen molar-refractivity contribution in [2.24, 2.45) is 0 Å². The Morgan fingerprint density at radius 3 is 2.43 bits per heavy atom. The van der Waals surface area contributed by atoms with Gasteiger partial charge in [0.05, 0.1) is 4.70 Å². The van der Waals surface area contributed by atoms with Crippen molar-refractivity contribution < 1.29 is 5.11 Å². The molecule has 0 saturated heterocycles. The van der Waals surface area contributed by atoms with Gasteiger partial charge in [0, 0.05) is 4.88 Å². The van der Waals surface area contributed by atoms with Gasteiger partial charge >= 0.3 is 0 Å². The van der Waals surface area contributed by atoms with Crippen molar-refractivity contribution in [1.29, 1.82) is 0 Å². The molecule has 1 aromatic heterocycles. The number of aromatic hydroxyl groups is 1. The van der Waals surface area contributed by atoms with E-state index in [-0.39, 0.29) is 0 Å². The molecular formula is C26H20OS. The molecular weight excluding hydrogens is 360 g/mol. The van der Waals surface area contributed by atoms with Gasteiger partial charge in [0.15, 0.2) is 0 Å². The molecule has 6 rings (SSSR count). The van der Waals surface area contributed by atoms with E-state index in [1.807, 2.05) is 6.07 Å². The molecule has 0 fully saturated rings. The first kappa shape index (κ1) is 16.1. The summed E-state index contributed by atoms with van der Waals surface area (Å²) in [6.07, 6.45) is 5.03. The highest BCUT2D eigenvalue weighted by molar-refractivity contribution is 7.22. The first-order valence-electron chi connectivity index (χ1n) is 9.98. The predicted octanol–water partition coefficient (Wildman–Crippen LogP) is 7.46. The zero-order chi connectivity index (χ0) is 18.7. The lowest BCUT2D eigenvalue weighted by atomic mass is 9.86.